The zero-order valence-corrected chi connectivity index (χ0v) is 16.8. The minimum atomic E-state index is 0.0674. The van der Waals surface area contributed by atoms with E-state index in [1.54, 1.807) is 13.3 Å². The Labute approximate surface area is 172 Å². The summed E-state index contributed by atoms with van der Waals surface area (Å²) in [6, 6.07) is 22.2. The smallest absolute Gasteiger partial charge is 0.255 e. The van der Waals surface area contributed by atoms with E-state index in [1.165, 1.54) is 5.56 Å². The third-order valence-electron chi connectivity index (χ3n) is 5.68. The number of amides is 1. The molecule has 0 spiro atoms. The topological polar surface area (TPSA) is 42.4 Å². The van der Waals surface area contributed by atoms with Crippen LogP contribution in [0.3, 0.4) is 0 Å². The van der Waals surface area contributed by atoms with Crippen molar-refractivity contribution in [1.82, 2.24) is 9.88 Å². The minimum Gasteiger partial charge on any atom is -0.496 e. The molecule has 0 N–H and O–H groups in total. The molecule has 29 heavy (non-hydrogen) atoms. The molecule has 0 saturated carbocycles. The first-order valence-electron chi connectivity index (χ1n) is 10.2. The van der Waals surface area contributed by atoms with Gasteiger partial charge in [0, 0.05) is 24.8 Å². The number of aromatic nitrogens is 1. The van der Waals surface area contributed by atoms with Gasteiger partial charge in [-0.15, -0.1) is 0 Å². The van der Waals surface area contributed by atoms with E-state index < -0.39 is 0 Å². The van der Waals surface area contributed by atoms with Gasteiger partial charge in [-0.1, -0.05) is 42.5 Å². The Bertz CT molecular complexity index is 954. The molecule has 0 aliphatic carbocycles. The average molecular weight is 386 g/mol. The molecule has 3 aromatic rings. The number of methoxy groups -OCH3 is 1. The summed E-state index contributed by atoms with van der Waals surface area (Å²) in [4.78, 5) is 19.5. The molecular formula is C25H26N2O2. The molecule has 0 radical (unpaired) electrons. The lowest BCUT2D eigenvalue weighted by molar-refractivity contribution is 0.0760. The van der Waals surface area contributed by atoms with Crippen LogP contribution in [0.5, 0.6) is 5.75 Å². The van der Waals surface area contributed by atoms with Crippen LogP contribution in [-0.2, 0) is 0 Å². The number of carbonyl (C=O) groups excluding carboxylic acids is 1. The summed E-state index contributed by atoms with van der Waals surface area (Å²) in [7, 11) is 1.65. The first kappa shape index (κ1) is 19.2. The number of nitrogens with zero attached hydrogens (tertiary/aromatic N) is 2. The van der Waals surface area contributed by atoms with Crippen LogP contribution in [-0.4, -0.2) is 36.0 Å². The Morgan fingerprint density at radius 1 is 0.966 bits per heavy atom. The van der Waals surface area contributed by atoms with Gasteiger partial charge >= 0.3 is 0 Å². The Morgan fingerprint density at radius 3 is 2.52 bits per heavy atom. The molecule has 4 rings (SSSR count). The molecule has 1 saturated heterocycles. The van der Waals surface area contributed by atoms with Gasteiger partial charge in [0.2, 0.25) is 0 Å². The lowest BCUT2D eigenvalue weighted by Gasteiger charge is -2.21. The fourth-order valence-electron chi connectivity index (χ4n) is 4.08. The first-order valence-corrected chi connectivity index (χ1v) is 10.2. The van der Waals surface area contributed by atoms with Crippen LogP contribution < -0.4 is 4.74 Å². The Kier molecular flexibility index (Phi) is 5.89. The zero-order chi connectivity index (χ0) is 20.1. The van der Waals surface area contributed by atoms with Gasteiger partial charge in [0.25, 0.3) is 5.91 Å². The number of carbonyl (C=O) groups is 1. The highest BCUT2D eigenvalue weighted by Gasteiger charge is 2.22. The van der Waals surface area contributed by atoms with Gasteiger partial charge in [-0.2, -0.15) is 0 Å². The standard InChI is InChI=1S/C25H26N2O2/c1-29-24-12-6-5-11-22(24)23-14-13-21(18-26-23)25(28)27-16-7-10-20(15-17-27)19-8-3-2-4-9-19/h2-6,8-9,11-14,18,20H,7,10,15-17H2,1H3. The van der Waals surface area contributed by atoms with E-state index in [0.717, 1.165) is 49.4 Å². The van der Waals surface area contributed by atoms with Crippen LogP contribution >= 0.6 is 0 Å². The molecule has 1 aromatic heterocycles. The summed E-state index contributed by atoms with van der Waals surface area (Å²) in [5.41, 5.74) is 3.75. The predicted molar refractivity (Wildman–Crippen MR) is 115 cm³/mol. The fourth-order valence-corrected chi connectivity index (χ4v) is 4.08. The molecule has 1 atom stereocenters. The third kappa shape index (κ3) is 4.32. The molecule has 148 valence electrons. The summed E-state index contributed by atoms with van der Waals surface area (Å²) < 4.78 is 5.42. The molecule has 4 nitrogen and oxygen atoms in total. The van der Waals surface area contributed by atoms with Crippen molar-refractivity contribution in [3.05, 3.63) is 84.1 Å². The quantitative estimate of drug-likeness (QED) is 0.621. The van der Waals surface area contributed by atoms with E-state index in [9.17, 15) is 4.79 Å². The van der Waals surface area contributed by atoms with Crippen molar-refractivity contribution < 1.29 is 9.53 Å². The van der Waals surface area contributed by atoms with Crippen molar-refractivity contribution in [2.45, 2.75) is 25.2 Å². The van der Waals surface area contributed by atoms with Gasteiger partial charge in [0.05, 0.1) is 18.4 Å². The van der Waals surface area contributed by atoms with E-state index in [2.05, 4.69) is 35.3 Å². The first-order chi connectivity index (χ1) is 14.3. The summed E-state index contributed by atoms with van der Waals surface area (Å²) >= 11 is 0. The summed E-state index contributed by atoms with van der Waals surface area (Å²) in [6.45, 7) is 1.59. The van der Waals surface area contributed by atoms with Crippen molar-refractivity contribution in [3.8, 4) is 17.0 Å². The van der Waals surface area contributed by atoms with Gasteiger partial charge < -0.3 is 9.64 Å². The third-order valence-corrected chi connectivity index (χ3v) is 5.68. The lowest BCUT2D eigenvalue weighted by atomic mass is 9.92. The second-order valence-corrected chi connectivity index (χ2v) is 7.46. The number of pyridine rings is 1. The number of hydrogen-bond acceptors (Lipinski definition) is 3. The average Bonchev–Trinajstić information content (AvgIpc) is 3.06. The monoisotopic (exact) mass is 386 g/mol. The lowest BCUT2D eigenvalue weighted by Crippen LogP contribution is -2.32. The molecule has 0 bridgehead atoms. The molecular weight excluding hydrogens is 360 g/mol. The second-order valence-electron chi connectivity index (χ2n) is 7.46. The minimum absolute atomic E-state index is 0.0674. The number of ether oxygens (including phenoxy) is 1. The molecule has 1 aliphatic rings. The fraction of sp³-hybridized carbons (Fsp3) is 0.280. The highest BCUT2D eigenvalue weighted by atomic mass is 16.5. The number of rotatable bonds is 4. The zero-order valence-electron chi connectivity index (χ0n) is 16.8. The Balaban J connectivity index is 1.46. The number of benzene rings is 2. The van der Waals surface area contributed by atoms with Crippen LogP contribution in [0.4, 0.5) is 0 Å². The SMILES string of the molecule is COc1ccccc1-c1ccc(C(=O)N2CCCC(c3ccccc3)CC2)cn1. The van der Waals surface area contributed by atoms with E-state index in [4.69, 9.17) is 4.74 Å². The van der Waals surface area contributed by atoms with Crippen LogP contribution in [0.2, 0.25) is 0 Å². The van der Waals surface area contributed by atoms with Crippen LogP contribution in [0.15, 0.2) is 72.9 Å². The maximum atomic E-state index is 13.0. The summed E-state index contributed by atoms with van der Waals surface area (Å²) in [6.07, 6.45) is 4.84. The van der Waals surface area contributed by atoms with Gasteiger partial charge in [0.15, 0.2) is 0 Å². The number of likely N-dealkylation sites (tertiary alicyclic amines) is 1. The van der Waals surface area contributed by atoms with Gasteiger partial charge in [-0.25, -0.2) is 0 Å². The van der Waals surface area contributed by atoms with E-state index in [0.29, 0.717) is 11.5 Å². The summed E-state index contributed by atoms with van der Waals surface area (Å²) in [5.74, 6) is 1.37. The highest BCUT2D eigenvalue weighted by molar-refractivity contribution is 5.94. The Morgan fingerprint density at radius 2 is 1.76 bits per heavy atom. The van der Waals surface area contributed by atoms with Gasteiger partial charge in [-0.3, -0.25) is 9.78 Å². The van der Waals surface area contributed by atoms with E-state index >= 15 is 0 Å². The largest absolute Gasteiger partial charge is 0.496 e. The molecule has 1 fully saturated rings. The van der Waals surface area contributed by atoms with Crippen LogP contribution in [0.25, 0.3) is 11.3 Å². The summed E-state index contributed by atoms with van der Waals surface area (Å²) in [5, 5.41) is 0. The van der Waals surface area contributed by atoms with Crippen molar-refractivity contribution in [2.24, 2.45) is 0 Å². The highest BCUT2D eigenvalue weighted by Crippen LogP contribution is 2.30. The molecule has 4 heteroatoms. The maximum Gasteiger partial charge on any atom is 0.255 e. The molecule has 2 heterocycles. The molecule has 1 aliphatic heterocycles. The van der Waals surface area contributed by atoms with E-state index in [1.807, 2.05) is 41.3 Å². The molecule has 1 unspecified atom stereocenters. The van der Waals surface area contributed by atoms with Gasteiger partial charge in [0.1, 0.15) is 5.75 Å². The number of hydrogen-bond donors (Lipinski definition) is 0. The maximum absolute atomic E-state index is 13.0. The van der Waals surface area contributed by atoms with Crippen molar-refractivity contribution in [1.29, 1.82) is 0 Å². The van der Waals surface area contributed by atoms with Crippen molar-refractivity contribution in [3.63, 3.8) is 0 Å². The Hall–Kier alpha value is -3.14. The molecule has 1 amide bonds. The van der Waals surface area contributed by atoms with E-state index in [-0.39, 0.29) is 5.91 Å². The van der Waals surface area contributed by atoms with Crippen LogP contribution in [0.1, 0.15) is 41.1 Å². The van der Waals surface area contributed by atoms with Gasteiger partial charge in [-0.05, 0) is 55.0 Å². The second kappa shape index (κ2) is 8.91. The van der Waals surface area contributed by atoms with Crippen molar-refractivity contribution >= 4 is 5.91 Å². The predicted octanol–water partition coefficient (Wildman–Crippen LogP) is 5.17. The number of para-hydroxylation sites is 1. The van der Waals surface area contributed by atoms with Crippen molar-refractivity contribution in [2.75, 3.05) is 20.2 Å². The molecule has 2 aromatic carbocycles. The normalized spacial score (nSPS) is 16.9. The van der Waals surface area contributed by atoms with Crippen LogP contribution in [0, 0.1) is 0 Å².